The maximum absolute atomic E-state index is 11.9. The minimum absolute atomic E-state index is 0.0166. The Labute approximate surface area is 157 Å². The molecule has 1 fully saturated rings. The molecule has 0 spiro atoms. The molecule has 1 aliphatic rings. The van der Waals surface area contributed by atoms with Crippen molar-refractivity contribution in [3.8, 4) is 0 Å². The van der Waals surface area contributed by atoms with Gasteiger partial charge in [-0.1, -0.05) is 19.1 Å². The van der Waals surface area contributed by atoms with Gasteiger partial charge in [0.1, 0.15) is 0 Å². The fourth-order valence-electron chi connectivity index (χ4n) is 3.09. The van der Waals surface area contributed by atoms with Crippen LogP contribution in [-0.4, -0.2) is 63.2 Å². The quantitative estimate of drug-likeness (QED) is 0.686. The van der Waals surface area contributed by atoms with Crippen LogP contribution in [0.25, 0.3) is 0 Å². The molecule has 2 rings (SSSR count). The van der Waals surface area contributed by atoms with Crippen molar-refractivity contribution in [2.45, 2.75) is 32.2 Å². The van der Waals surface area contributed by atoms with Crippen LogP contribution < -0.4 is 10.2 Å². The van der Waals surface area contributed by atoms with E-state index in [-0.39, 0.29) is 17.5 Å². The summed E-state index contributed by atoms with van der Waals surface area (Å²) in [5.74, 6) is 0.472. The average molecular weight is 385 g/mol. The van der Waals surface area contributed by atoms with Crippen LogP contribution in [0, 0.1) is 0 Å². The molecule has 140 valence electrons. The Morgan fingerprint density at radius 2 is 2.00 bits per heavy atom. The number of rotatable bonds is 7. The lowest BCUT2D eigenvalue weighted by Gasteiger charge is -2.31. The number of benzene rings is 1. The SMILES string of the molecule is CCc1ccc(NC(=S)N(CCC[NH+](C)C)[C@@H]2CCS(=O)(=O)C2)cc1. The molecule has 25 heavy (non-hydrogen) atoms. The first-order valence-electron chi connectivity index (χ1n) is 8.96. The third kappa shape index (κ3) is 6.24. The minimum Gasteiger partial charge on any atom is -0.345 e. The van der Waals surface area contributed by atoms with Gasteiger partial charge in [0.2, 0.25) is 0 Å². The third-order valence-corrected chi connectivity index (χ3v) is 6.69. The number of nitrogens with zero attached hydrogens (tertiary/aromatic N) is 1. The Morgan fingerprint density at radius 3 is 2.52 bits per heavy atom. The van der Waals surface area contributed by atoms with E-state index in [1.807, 2.05) is 12.1 Å². The molecule has 1 aliphatic heterocycles. The van der Waals surface area contributed by atoms with E-state index >= 15 is 0 Å². The van der Waals surface area contributed by atoms with E-state index in [1.54, 1.807) is 0 Å². The number of aryl methyl sites for hydroxylation is 1. The molecule has 2 N–H and O–H groups in total. The maximum atomic E-state index is 11.9. The molecule has 0 saturated carbocycles. The lowest BCUT2D eigenvalue weighted by molar-refractivity contribution is -0.858. The largest absolute Gasteiger partial charge is 0.345 e. The first kappa shape index (κ1) is 20.1. The molecule has 0 radical (unpaired) electrons. The first-order chi connectivity index (χ1) is 11.8. The van der Waals surface area contributed by atoms with Gasteiger partial charge in [0.15, 0.2) is 14.9 Å². The van der Waals surface area contributed by atoms with E-state index in [9.17, 15) is 8.42 Å². The van der Waals surface area contributed by atoms with Crippen molar-refractivity contribution >= 4 is 32.9 Å². The van der Waals surface area contributed by atoms with E-state index in [0.29, 0.717) is 11.5 Å². The van der Waals surface area contributed by atoms with Gasteiger partial charge in [-0.2, -0.15) is 0 Å². The molecular formula is C18H30N3O2S2+. The molecule has 7 heteroatoms. The van der Waals surface area contributed by atoms with Crippen LogP contribution in [-0.2, 0) is 16.3 Å². The van der Waals surface area contributed by atoms with Gasteiger partial charge in [-0.15, -0.1) is 0 Å². The highest BCUT2D eigenvalue weighted by molar-refractivity contribution is 7.91. The van der Waals surface area contributed by atoms with Crippen LogP contribution in [0.1, 0.15) is 25.3 Å². The average Bonchev–Trinajstić information content (AvgIpc) is 2.91. The van der Waals surface area contributed by atoms with Crippen molar-refractivity contribution in [2.24, 2.45) is 0 Å². The molecule has 1 aromatic rings. The summed E-state index contributed by atoms with van der Waals surface area (Å²) < 4.78 is 23.8. The summed E-state index contributed by atoms with van der Waals surface area (Å²) in [5.41, 5.74) is 2.23. The number of hydrogen-bond acceptors (Lipinski definition) is 3. The molecule has 0 unspecified atom stereocenters. The maximum Gasteiger partial charge on any atom is 0.173 e. The van der Waals surface area contributed by atoms with Crippen molar-refractivity contribution in [2.75, 3.05) is 44.0 Å². The zero-order chi connectivity index (χ0) is 18.4. The van der Waals surface area contributed by atoms with Gasteiger partial charge in [0.25, 0.3) is 0 Å². The van der Waals surface area contributed by atoms with Crippen molar-refractivity contribution in [1.29, 1.82) is 0 Å². The number of nitrogens with one attached hydrogen (secondary N) is 2. The fraction of sp³-hybridized carbons (Fsp3) is 0.611. The summed E-state index contributed by atoms with van der Waals surface area (Å²) in [6, 6.07) is 8.21. The number of thiocarbonyl (C=S) groups is 1. The first-order valence-corrected chi connectivity index (χ1v) is 11.2. The van der Waals surface area contributed by atoms with Crippen LogP contribution in [0.4, 0.5) is 5.69 Å². The zero-order valence-corrected chi connectivity index (χ0v) is 17.0. The second kappa shape index (κ2) is 8.96. The second-order valence-electron chi connectivity index (χ2n) is 7.04. The molecule has 1 atom stereocenters. The lowest BCUT2D eigenvalue weighted by Crippen LogP contribution is -3.05. The highest BCUT2D eigenvalue weighted by Gasteiger charge is 2.33. The fourth-order valence-corrected chi connectivity index (χ4v) is 5.18. The van der Waals surface area contributed by atoms with Gasteiger partial charge in [0, 0.05) is 24.7 Å². The van der Waals surface area contributed by atoms with Crippen LogP contribution in [0.2, 0.25) is 0 Å². The van der Waals surface area contributed by atoms with Crippen molar-refractivity contribution < 1.29 is 13.3 Å². The molecule has 1 aromatic carbocycles. The predicted octanol–water partition coefficient (Wildman–Crippen LogP) is 0.970. The van der Waals surface area contributed by atoms with E-state index in [0.717, 1.165) is 31.6 Å². The monoisotopic (exact) mass is 384 g/mol. The molecule has 0 amide bonds. The molecule has 5 nitrogen and oxygen atoms in total. The Bertz CT molecular complexity index is 672. The van der Waals surface area contributed by atoms with E-state index in [4.69, 9.17) is 12.2 Å². The van der Waals surface area contributed by atoms with Gasteiger partial charge >= 0.3 is 0 Å². The molecule has 1 saturated heterocycles. The van der Waals surface area contributed by atoms with Crippen LogP contribution >= 0.6 is 12.2 Å². The Morgan fingerprint density at radius 1 is 1.32 bits per heavy atom. The van der Waals surface area contributed by atoms with Crippen molar-refractivity contribution in [3.05, 3.63) is 29.8 Å². The number of hydrogen-bond donors (Lipinski definition) is 2. The lowest BCUT2D eigenvalue weighted by atomic mass is 10.1. The summed E-state index contributed by atoms with van der Waals surface area (Å²) in [6.07, 6.45) is 2.65. The highest BCUT2D eigenvalue weighted by atomic mass is 32.2. The van der Waals surface area contributed by atoms with Gasteiger partial charge in [-0.05, 0) is 42.8 Å². The Hall–Kier alpha value is -1.18. The van der Waals surface area contributed by atoms with Crippen LogP contribution in [0.3, 0.4) is 0 Å². The van der Waals surface area contributed by atoms with Crippen LogP contribution in [0.5, 0.6) is 0 Å². The molecular weight excluding hydrogens is 354 g/mol. The summed E-state index contributed by atoms with van der Waals surface area (Å²) in [5, 5.41) is 3.92. The number of anilines is 1. The minimum atomic E-state index is -2.93. The van der Waals surface area contributed by atoms with Gasteiger partial charge < -0.3 is 15.1 Å². The summed E-state index contributed by atoms with van der Waals surface area (Å²) >= 11 is 5.62. The van der Waals surface area contributed by atoms with Crippen molar-refractivity contribution in [3.63, 3.8) is 0 Å². The van der Waals surface area contributed by atoms with Crippen LogP contribution in [0.15, 0.2) is 24.3 Å². The van der Waals surface area contributed by atoms with E-state index in [2.05, 4.69) is 43.4 Å². The standard InChI is InChI=1S/C18H29N3O2S2/c1-4-15-6-8-16(9-7-15)19-18(24)21(12-5-11-20(2)3)17-10-13-25(22,23)14-17/h6-9,17H,4-5,10-14H2,1-3H3,(H,19,24)/p+1/t17-/m1/s1. The van der Waals surface area contributed by atoms with Crippen molar-refractivity contribution in [1.82, 2.24) is 4.90 Å². The molecule has 0 aromatic heterocycles. The van der Waals surface area contributed by atoms with Gasteiger partial charge in [-0.3, -0.25) is 0 Å². The Kier molecular flexibility index (Phi) is 7.22. The second-order valence-corrected chi connectivity index (χ2v) is 9.66. The normalized spacial score (nSPS) is 19.1. The van der Waals surface area contributed by atoms with Gasteiger partial charge in [0.05, 0.1) is 32.1 Å². The number of sulfone groups is 1. The topological polar surface area (TPSA) is 53.9 Å². The van der Waals surface area contributed by atoms with E-state index < -0.39 is 9.84 Å². The molecule has 1 heterocycles. The summed E-state index contributed by atoms with van der Waals surface area (Å²) in [6.45, 7) is 3.94. The Balaban J connectivity index is 2.05. The summed E-state index contributed by atoms with van der Waals surface area (Å²) in [7, 11) is 1.31. The zero-order valence-electron chi connectivity index (χ0n) is 15.4. The highest BCUT2D eigenvalue weighted by Crippen LogP contribution is 2.20. The number of quaternary nitrogens is 1. The predicted molar refractivity (Wildman–Crippen MR) is 108 cm³/mol. The third-order valence-electron chi connectivity index (χ3n) is 4.60. The van der Waals surface area contributed by atoms with E-state index in [1.165, 1.54) is 10.5 Å². The molecule has 0 aliphatic carbocycles. The van der Waals surface area contributed by atoms with Gasteiger partial charge in [-0.25, -0.2) is 8.42 Å². The molecule has 0 bridgehead atoms. The summed E-state index contributed by atoms with van der Waals surface area (Å²) in [4.78, 5) is 3.46. The smallest absolute Gasteiger partial charge is 0.173 e.